The number of phenols is 1. The number of ether oxygens (including phenoxy) is 4. The molecule has 178 valence electrons. The van der Waals surface area contributed by atoms with E-state index < -0.39 is 11.9 Å². The number of rotatable bonds is 10. The van der Waals surface area contributed by atoms with Crippen LogP contribution in [0.15, 0.2) is 23.8 Å². The normalized spacial score (nSPS) is 18.8. The van der Waals surface area contributed by atoms with Gasteiger partial charge < -0.3 is 24.1 Å². The minimum absolute atomic E-state index is 0.0511. The molecule has 1 fully saturated rings. The molecule has 2 rings (SSSR count). The summed E-state index contributed by atoms with van der Waals surface area (Å²) in [4.78, 5) is 12.0. The number of halogens is 1. The lowest BCUT2D eigenvalue weighted by Crippen LogP contribution is -2.27. The van der Waals surface area contributed by atoms with Crippen molar-refractivity contribution < 1.29 is 28.8 Å². The van der Waals surface area contributed by atoms with E-state index in [0.717, 1.165) is 5.57 Å². The van der Waals surface area contributed by atoms with Gasteiger partial charge in [-0.3, -0.25) is 4.79 Å². The van der Waals surface area contributed by atoms with Crippen LogP contribution < -0.4 is 4.74 Å². The number of hydrogen-bond acceptors (Lipinski definition) is 6. The first-order valence-electron chi connectivity index (χ1n) is 10.9. The van der Waals surface area contributed by atoms with Gasteiger partial charge in [0.25, 0.3) is 0 Å². The molecule has 6 nitrogen and oxygen atoms in total. The Labute approximate surface area is 196 Å². The van der Waals surface area contributed by atoms with Gasteiger partial charge in [-0.05, 0) is 53.5 Å². The third-order valence-electron chi connectivity index (χ3n) is 5.53. The molecule has 1 atom stereocenters. The predicted molar refractivity (Wildman–Crippen MR) is 126 cm³/mol. The van der Waals surface area contributed by atoms with Crippen molar-refractivity contribution in [2.45, 2.75) is 72.4 Å². The number of carbonyl (C=O) groups excluding carboxylic acids is 1. The molecule has 0 unspecified atom stereocenters. The molecule has 1 aromatic rings. The molecule has 7 heteroatoms. The van der Waals surface area contributed by atoms with Crippen molar-refractivity contribution in [1.82, 2.24) is 0 Å². The quantitative estimate of drug-likeness (QED) is 0.356. The van der Waals surface area contributed by atoms with Gasteiger partial charge in [-0.25, -0.2) is 0 Å². The Morgan fingerprint density at radius 1 is 1.31 bits per heavy atom. The number of allylic oxidation sites excluding steroid dienone is 3. The van der Waals surface area contributed by atoms with Crippen LogP contribution in [0.1, 0.15) is 64.0 Å². The highest BCUT2D eigenvalue weighted by Crippen LogP contribution is 2.45. The van der Waals surface area contributed by atoms with Gasteiger partial charge in [0.2, 0.25) is 0 Å². The van der Waals surface area contributed by atoms with E-state index in [1.54, 1.807) is 13.8 Å². The molecule has 0 radical (unpaired) electrons. The SMILES string of the molecule is CCOC(OCC)c1c(C)c(Cl)c(OC)c(CC=C(C)C=C[C@@H]2CC(=O)C(C)(C)O2)c1O. The maximum atomic E-state index is 12.0. The van der Waals surface area contributed by atoms with E-state index in [9.17, 15) is 9.90 Å². The largest absolute Gasteiger partial charge is 0.507 e. The summed E-state index contributed by atoms with van der Waals surface area (Å²) in [6.45, 7) is 11.9. The van der Waals surface area contributed by atoms with E-state index in [0.29, 0.717) is 53.5 Å². The lowest BCUT2D eigenvalue weighted by Gasteiger charge is -2.24. The Balaban J connectivity index is 2.33. The first-order valence-corrected chi connectivity index (χ1v) is 11.3. The number of Topliss-reactive ketones (excluding diaryl/α,β-unsaturated/α-hetero) is 1. The minimum atomic E-state index is -0.738. The monoisotopic (exact) mass is 466 g/mol. The van der Waals surface area contributed by atoms with E-state index in [2.05, 4.69) is 0 Å². The number of phenolic OH excluding ortho intramolecular Hbond substituents is 1. The maximum absolute atomic E-state index is 12.0. The Morgan fingerprint density at radius 3 is 2.44 bits per heavy atom. The topological polar surface area (TPSA) is 74.2 Å². The van der Waals surface area contributed by atoms with Gasteiger partial charge in [0.15, 0.2) is 12.1 Å². The van der Waals surface area contributed by atoms with E-state index in [1.165, 1.54) is 7.11 Å². The second kappa shape index (κ2) is 11.3. The Morgan fingerprint density at radius 2 is 1.94 bits per heavy atom. The third kappa shape index (κ3) is 5.93. The first kappa shape index (κ1) is 26.4. The van der Waals surface area contributed by atoms with Gasteiger partial charge in [0, 0.05) is 25.2 Å². The van der Waals surface area contributed by atoms with Crippen LogP contribution in [-0.4, -0.2) is 42.9 Å². The second-order valence-electron chi connectivity index (χ2n) is 8.26. The number of ketones is 1. The summed E-state index contributed by atoms with van der Waals surface area (Å²) in [6.07, 6.45) is 5.57. The van der Waals surface area contributed by atoms with Crippen molar-refractivity contribution in [3.05, 3.63) is 45.5 Å². The zero-order valence-corrected chi connectivity index (χ0v) is 20.8. The van der Waals surface area contributed by atoms with E-state index in [4.69, 9.17) is 30.5 Å². The van der Waals surface area contributed by atoms with Crippen LogP contribution >= 0.6 is 11.6 Å². The molecule has 1 aromatic carbocycles. The summed E-state index contributed by atoms with van der Waals surface area (Å²) in [6, 6.07) is 0. The highest BCUT2D eigenvalue weighted by Gasteiger charge is 2.38. The Kier molecular flexibility index (Phi) is 9.34. The Hall–Kier alpha value is -1.86. The van der Waals surface area contributed by atoms with Gasteiger partial charge in [-0.2, -0.15) is 0 Å². The molecule has 0 spiro atoms. The fraction of sp³-hybridized carbons (Fsp3) is 0.560. The summed E-state index contributed by atoms with van der Waals surface area (Å²) in [5, 5.41) is 11.5. The predicted octanol–water partition coefficient (Wildman–Crippen LogP) is 5.62. The summed E-state index contributed by atoms with van der Waals surface area (Å²) >= 11 is 6.59. The molecule has 0 aliphatic carbocycles. The molecule has 32 heavy (non-hydrogen) atoms. The number of aromatic hydroxyl groups is 1. The molecular weight excluding hydrogens is 432 g/mol. The van der Waals surface area contributed by atoms with Crippen LogP contribution in [0, 0.1) is 6.92 Å². The average molecular weight is 467 g/mol. The summed E-state index contributed by atoms with van der Waals surface area (Å²) in [7, 11) is 1.53. The zero-order chi connectivity index (χ0) is 24.1. The molecule has 1 saturated heterocycles. The summed E-state index contributed by atoms with van der Waals surface area (Å²) in [5.74, 6) is 0.579. The zero-order valence-electron chi connectivity index (χ0n) is 20.1. The highest BCUT2D eigenvalue weighted by atomic mass is 35.5. The molecule has 0 bridgehead atoms. The summed E-state index contributed by atoms with van der Waals surface area (Å²) in [5.41, 5.74) is 1.94. The van der Waals surface area contributed by atoms with Gasteiger partial charge in [0.05, 0.1) is 23.8 Å². The molecule has 1 aliphatic rings. The molecule has 1 heterocycles. The van der Waals surface area contributed by atoms with Gasteiger partial charge in [0.1, 0.15) is 17.1 Å². The first-order chi connectivity index (χ1) is 15.1. The van der Waals surface area contributed by atoms with Crippen molar-refractivity contribution in [1.29, 1.82) is 0 Å². The number of methoxy groups -OCH3 is 1. The molecule has 1 N–H and O–H groups in total. The smallest absolute Gasteiger partial charge is 0.187 e. The van der Waals surface area contributed by atoms with Crippen molar-refractivity contribution >= 4 is 17.4 Å². The van der Waals surface area contributed by atoms with Crippen molar-refractivity contribution in [3.63, 3.8) is 0 Å². The molecule has 0 aromatic heterocycles. The van der Waals surface area contributed by atoms with Gasteiger partial charge in [-0.15, -0.1) is 0 Å². The van der Waals surface area contributed by atoms with Crippen LogP contribution in [0.4, 0.5) is 0 Å². The maximum Gasteiger partial charge on any atom is 0.187 e. The van der Waals surface area contributed by atoms with E-state index in [1.807, 2.05) is 45.9 Å². The highest BCUT2D eigenvalue weighted by molar-refractivity contribution is 6.33. The molecule has 0 amide bonds. The van der Waals surface area contributed by atoms with Crippen molar-refractivity contribution in [3.8, 4) is 11.5 Å². The average Bonchev–Trinajstić information content (AvgIpc) is 3.00. The fourth-order valence-corrected chi connectivity index (χ4v) is 3.98. The van der Waals surface area contributed by atoms with Crippen LogP contribution in [0.25, 0.3) is 0 Å². The lowest BCUT2D eigenvalue weighted by molar-refractivity contribution is -0.141. The van der Waals surface area contributed by atoms with Crippen LogP contribution in [0.3, 0.4) is 0 Å². The molecule has 0 saturated carbocycles. The van der Waals surface area contributed by atoms with Crippen LogP contribution in [0.5, 0.6) is 11.5 Å². The van der Waals surface area contributed by atoms with Gasteiger partial charge >= 0.3 is 0 Å². The second-order valence-corrected chi connectivity index (χ2v) is 8.64. The number of benzene rings is 1. The summed E-state index contributed by atoms with van der Waals surface area (Å²) < 4.78 is 22.7. The minimum Gasteiger partial charge on any atom is -0.507 e. The third-order valence-corrected chi connectivity index (χ3v) is 5.98. The van der Waals surface area contributed by atoms with Crippen molar-refractivity contribution in [2.75, 3.05) is 20.3 Å². The van der Waals surface area contributed by atoms with Crippen LogP contribution in [-0.2, 0) is 25.4 Å². The standard InChI is InChI=1S/C25H35ClO6/c1-8-30-24(31-9-2)20-16(4)21(26)23(29-7)18(22(20)28)13-11-15(3)10-12-17-14-19(27)25(5,6)32-17/h10-12,17,24,28H,8-9,13-14H2,1-7H3/t17-/m1/s1. The van der Waals surface area contributed by atoms with E-state index in [-0.39, 0.29) is 17.6 Å². The fourth-order valence-electron chi connectivity index (χ4n) is 3.69. The van der Waals surface area contributed by atoms with Crippen molar-refractivity contribution in [2.24, 2.45) is 0 Å². The van der Waals surface area contributed by atoms with Crippen LogP contribution in [0.2, 0.25) is 5.02 Å². The molecular formula is C25H35ClO6. The lowest BCUT2D eigenvalue weighted by atomic mass is 9.98. The van der Waals surface area contributed by atoms with E-state index >= 15 is 0 Å². The molecule has 1 aliphatic heterocycles. The number of hydrogen-bond donors (Lipinski definition) is 1. The number of carbonyl (C=O) groups is 1. The Bertz CT molecular complexity index is 881. The van der Waals surface area contributed by atoms with Gasteiger partial charge in [-0.1, -0.05) is 35.4 Å².